The summed E-state index contributed by atoms with van der Waals surface area (Å²) in [5, 5.41) is 9.20. The van der Waals surface area contributed by atoms with Gasteiger partial charge >= 0.3 is 0 Å². The lowest BCUT2D eigenvalue weighted by Gasteiger charge is -2.55. The number of hydrogen-bond donors (Lipinski definition) is 3. The number of imide groups is 1. The lowest BCUT2D eigenvalue weighted by atomic mass is 9.67. The molecule has 1 aliphatic carbocycles. The van der Waals surface area contributed by atoms with Gasteiger partial charge in [-0.3, -0.25) is 29.3 Å². The smallest absolute Gasteiger partial charge is 0.293 e. The van der Waals surface area contributed by atoms with Crippen LogP contribution in [0.25, 0.3) is 10.9 Å². The van der Waals surface area contributed by atoms with E-state index in [1.807, 2.05) is 32.0 Å². The number of carbonyl (C=O) groups is 4. The molecule has 338 valence electrons. The first-order valence-corrected chi connectivity index (χ1v) is 22.3. The molecule has 1 atom stereocenters. The number of halogens is 1. The molecule has 1 unspecified atom stereocenters. The zero-order chi connectivity index (χ0) is 47.4. The van der Waals surface area contributed by atoms with Crippen LogP contribution in [-0.2, 0) is 25.7 Å². The second-order valence-corrected chi connectivity index (χ2v) is 18.2. The first kappa shape index (κ1) is 39.6. The van der Waals surface area contributed by atoms with Crippen molar-refractivity contribution in [1.29, 1.82) is 0 Å². The Kier molecular flexibility index (Phi) is 10.9. The molecule has 1 spiro atoms. The molecular formula is C46H54ClN9O8. The van der Waals surface area contributed by atoms with Crippen LogP contribution < -0.4 is 40.8 Å². The largest absolute Gasteiger partial charge is 0.494 e. The van der Waals surface area contributed by atoms with E-state index in [1.165, 1.54) is 11.9 Å². The molecule has 5 aliphatic rings. The third-order valence-corrected chi connectivity index (χ3v) is 13.7. The number of nitrogens with zero attached hydrogens (tertiary/aromatic N) is 6. The van der Waals surface area contributed by atoms with Gasteiger partial charge in [0.2, 0.25) is 17.8 Å². The number of piperidine rings is 2. The Labute approximate surface area is 380 Å². The van der Waals surface area contributed by atoms with Gasteiger partial charge in [0, 0.05) is 73.3 Å². The van der Waals surface area contributed by atoms with Crippen LogP contribution >= 0.6 is 11.6 Å². The third-order valence-electron chi connectivity index (χ3n) is 13.4. The number of nitrogens with one attached hydrogen (secondary N) is 3. The zero-order valence-corrected chi connectivity index (χ0v) is 36.8. The molecule has 9 rings (SSSR count). The Morgan fingerprint density at radius 2 is 1.78 bits per heavy atom. The number of aromatic nitrogens is 3. The highest BCUT2D eigenvalue weighted by Crippen LogP contribution is 2.50. The second kappa shape index (κ2) is 17.6. The number of hydrogen-bond acceptors (Lipinski definition) is 13. The summed E-state index contributed by atoms with van der Waals surface area (Å²) >= 11 is 6.61. The Bertz CT molecular complexity index is 2680. The average Bonchev–Trinajstić information content (AvgIpc) is 3.61. The Morgan fingerprint density at radius 3 is 2.50 bits per heavy atom. The van der Waals surface area contributed by atoms with Gasteiger partial charge in [-0.2, -0.15) is 4.98 Å². The van der Waals surface area contributed by atoms with E-state index in [1.54, 1.807) is 29.0 Å². The Hall–Kier alpha value is -5.94. The van der Waals surface area contributed by atoms with E-state index in [-0.39, 0.29) is 84.4 Å². The minimum Gasteiger partial charge on any atom is -0.494 e. The van der Waals surface area contributed by atoms with Crippen molar-refractivity contribution in [3.63, 3.8) is 0 Å². The van der Waals surface area contributed by atoms with Crippen molar-refractivity contribution in [2.24, 2.45) is 5.41 Å². The summed E-state index contributed by atoms with van der Waals surface area (Å²) in [6.45, 7) is 6.40. The fourth-order valence-corrected chi connectivity index (χ4v) is 10.1. The van der Waals surface area contributed by atoms with Crippen molar-refractivity contribution in [3.8, 4) is 11.5 Å². The molecule has 4 amide bonds. The fourth-order valence-electron chi connectivity index (χ4n) is 9.98. The number of rotatable bonds is 12. The van der Waals surface area contributed by atoms with Crippen LogP contribution in [-0.4, -0.2) is 108 Å². The number of pyridine rings is 1. The van der Waals surface area contributed by atoms with Gasteiger partial charge in [-0.15, -0.1) is 0 Å². The van der Waals surface area contributed by atoms with Gasteiger partial charge in [-0.1, -0.05) is 11.6 Å². The molecule has 4 aromatic rings. The normalized spacial score (nSPS) is 21.0. The van der Waals surface area contributed by atoms with E-state index in [0.717, 1.165) is 43.9 Å². The summed E-state index contributed by atoms with van der Waals surface area (Å²) < 4.78 is 43.4. The van der Waals surface area contributed by atoms with Crippen LogP contribution in [0.2, 0.25) is 5.02 Å². The van der Waals surface area contributed by atoms with Crippen molar-refractivity contribution in [2.75, 3.05) is 62.0 Å². The lowest BCUT2D eigenvalue weighted by molar-refractivity contribution is -0.137. The first-order chi connectivity index (χ1) is 32.0. The van der Waals surface area contributed by atoms with E-state index in [2.05, 4.69) is 30.7 Å². The van der Waals surface area contributed by atoms with Gasteiger partial charge < -0.3 is 44.1 Å². The standard InChI is InChI=1S/C46H54ClN9O8/c1-26(2)56-34-7-5-28(19-27(34)20-37(44(56)61)63-23-39(58)48-3)50-41-33(47)21-49-45(52-41)53-17-13-30(14-18-53)64-29-11-15-46(16-12-29)24-54(25-46)35-8-6-31-32(40(35)62-4)22-55(43(31)60)36-9-10-38(57)51-42(36)59/h5-8,19-21,26,29-30,36H,9-18,22-25H2,1-4H3,(H,48,58)(H,49,50,52)(H,51,57,59)/i4D3. The quantitative estimate of drug-likeness (QED) is 0.160. The summed E-state index contributed by atoms with van der Waals surface area (Å²) in [6, 6.07) is 9.67. The van der Waals surface area contributed by atoms with Crippen LogP contribution in [0.15, 0.2) is 47.4 Å². The summed E-state index contributed by atoms with van der Waals surface area (Å²) in [6.07, 6.45) is 7.50. The Morgan fingerprint density at radius 1 is 1.02 bits per heavy atom. The molecule has 18 heteroatoms. The summed E-state index contributed by atoms with van der Waals surface area (Å²) in [7, 11) is -1.25. The molecular weight excluding hydrogens is 842 g/mol. The maximum Gasteiger partial charge on any atom is 0.293 e. The van der Waals surface area contributed by atoms with Crippen LogP contribution in [0, 0.1) is 5.41 Å². The molecule has 2 aromatic heterocycles. The maximum absolute atomic E-state index is 13.5. The van der Waals surface area contributed by atoms with Crippen molar-refractivity contribution in [2.45, 2.75) is 96.1 Å². The predicted molar refractivity (Wildman–Crippen MR) is 241 cm³/mol. The van der Waals surface area contributed by atoms with Gasteiger partial charge in [0.05, 0.1) is 47.3 Å². The maximum atomic E-state index is 13.5. The Balaban J connectivity index is 0.788. The molecule has 2 aromatic carbocycles. The molecule has 1 saturated carbocycles. The second-order valence-electron chi connectivity index (χ2n) is 17.8. The zero-order valence-electron chi connectivity index (χ0n) is 39.1. The number of benzene rings is 2. The molecule has 3 saturated heterocycles. The van der Waals surface area contributed by atoms with Crippen LogP contribution in [0.5, 0.6) is 11.5 Å². The summed E-state index contributed by atoms with van der Waals surface area (Å²) in [4.78, 5) is 78.1. The number of amides is 4. The van der Waals surface area contributed by atoms with Gasteiger partial charge in [-0.25, -0.2) is 4.98 Å². The monoisotopic (exact) mass is 898 g/mol. The molecule has 4 aliphatic heterocycles. The molecule has 64 heavy (non-hydrogen) atoms. The molecule has 3 N–H and O–H groups in total. The van der Waals surface area contributed by atoms with E-state index >= 15 is 0 Å². The number of anilines is 4. The molecule has 6 heterocycles. The SMILES string of the molecule is [2H]C([2H])([2H])Oc1c(N2CC3(CCC(OC4CCN(c5ncc(Cl)c(Nc6ccc7c(c6)cc(OCC(=O)NC)c(=O)n7C(C)C)n5)CC4)CC3)C2)ccc2c1CN(C1CCC(=O)NC1=O)C2=O. The van der Waals surface area contributed by atoms with Crippen molar-refractivity contribution < 1.29 is 37.5 Å². The van der Waals surface area contributed by atoms with Crippen LogP contribution in [0.4, 0.5) is 23.1 Å². The van der Waals surface area contributed by atoms with Crippen molar-refractivity contribution in [1.82, 2.24) is 30.1 Å². The number of carbonyl (C=O) groups excluding carboxylic acids is 4. The van der Waals surface area contributed by atoms with Crippen molar-refractivity contribution in [3.05, 3.63) is 69.1 Å². The lowest BCUT2D eigenvalue weighted by Crippen LogP contribution is -2.58. The summed E-state index contributed by atoms with van der Waals surface area (Å²) in [5.41, 5.74) is 2.50. The highest BCUT2D eigenvalue weighted by atomic mass is 35.5. The van der Waals surface area contributed by atoms with Gasteiger partial charge in [-0.05, 0) is 95.2 Å². The van der Waals surface area contributed by atoms with Crippen LogP contribution in [0.1, 0.15) is 91.3 Å². The number of methoxy groups -OCH3 is 1. The average molecular weight is 899 g/mol. The highest BCUT2D eigenvalue weighted by Gasteiger charge is 2.48. The number of fused-ring (bicyclic) bond motifs is 2. The van der Waals surface area contributed by atoms with Gasteiger partial charge in [0.1, 0.15) is 16.8 Å². The third kappa shape index (κ3) is 8.30. The molecule has 0 bridgehead atoms. The molecule has 4 fully saturated rings. The number of likely N-dealkylation sites (N-methyl/N-ethyl adjacent to an activating group) is 1. The van der Waals surface area contributed by atoms with E-state index < -0.39 is 19.0 Å². The van der Waals surface area contributed by atoms with E-state index in [0.29, 0.717) is 71.0 Å². The minimum atomic E-state index is -2.76. The van der Waals surface area contributed by atoms with Gasteiger partial charge in [0.25, 0.3) is 17.4 Å². The highest BCUT2D eigenvalue weighted by molar-refractivity contribution is 6.33. The van der Waals surface area contributed by atoms with Crippen molar-refractivity contribution >= 4 is 69.3 Å². The molecule has 0 radical (unpaired) electrons. The fraction of sp³-hybridized carbons (Fsp3) is 0.500. The van der Waals surface area contributed by atoms with E-state index in [4.69, 9.17) is 34.9 Å². The minimum absolute atomic E-state index is 0.0148. The topological polar surface area (TPSA) is 190 Å². The predicted octanol–water partition coefficient (Wildman–Crippen LogP) is 5.10. The molecule has 17 nitrogen and oxygen atoms in total. The van der Waals surface area contributed by atoms with Crippen LogP contribution in [0.3, 0.4) is 0 Å². The van der Waals surface area contributed by atoms with E-state index in [9.17, 15) is 24.0 Å². The number of ether oxygens (including phenoxy) is 3. The van der Waals surface area contributed by atoms with Gasteiger partial charge in [0.15, 0.2) is 18.2 Å². The first-order valence-electron chi connectivity index (χ1n) is 23.5. The summed E-state index contributed by atoms with van der Waals surface area (Å²) in [5.74, 6) is -0.447.